The summed E-state index contributed by atoms with van der Waals surface area (Å²) in [7, 11) is 1.56. The van der Waals surface area contributed by atoms with Crippen molar-refractivity contribution in [3.63, 3.8) is 0 Å². The lowest BCUT2D eigenvalue weighted by atomic mass is 10.1. The van der Waals surface area contributed by atoms with E-state index in [1.165, 1.54) is 11.8 Å². The van der Waals surface area contributed by atoms with Crippen molar-refractivity contribution in [2.24, 2.45) is 4.99 Å². The fourth-order valence-corrected chi connectivity index (χ4v) is 2.95. The maximum Gasteiger partial charge on any atom is 0.402 e. The number of aromatic nitrogens is 2. The van der Waals surface area contributed by atoms with Gasteiger partial charge in [-0.15, -0.1) is 0 Å². The molecule has 0 spiro atoms. The van der Waals surface area contributed by atoms with Crippen LogP contribution in [-0.4, -0.2) is 51.5 Å². The first-order valence-electron chi connectivity index (χ1n) is 7.26. The zero-order chi connectivity index (χ0) is 16.9. The highest BCUT2D eigenvalue weighted by molar-refractivity contribution is 6.19. The number of carbonyl (C=O) groups is 3. The van der Waals surface area contributed by atoms with E-state index in [9.17, 15) is 14.4 Å². The third kappa shape index (κ3) is 2.09. The van der Waals surface area contributed by atoms with E-state index in [1.54, 1.807) is 17.7 Å². The second-order valence-corrected chi connectivity index (χ2v) is 5.72. The van der Waals surface area contributed by atoms with E-state index in [4.69, 9.17) is 0 Å². The lowest BCUT2D eigenvalue weighted by Gasteiger charge is -2.32. The topological polar surface area (TPSA) is 78.9 Å². The van der Waals surface area contributed by atoms with Gasteiger partial charge in [0.25, 0.3) is 5.91 Å². The number of likely N-dealkylation sites (N-methyl/N-ethyl adjacent to an activating group) is 1. The second-order valence-electron chi connectivity index (χ2n) is 5.72. The zero-order valence-electron chi connectivity index (χ0n) is 13.3. The largest absolute Gasteiger partial charge is 0.402 e. The smallest absolute Gasteiger partial charge is 0.298 e. The Bertz CT molecular complexity index is 776. The molecule has 1 aromatic rings. The summed E-state index contributed by atoms with van der Waals surface area (Å²) in [4.78, 5) is 43.2. The molecule has 0 aliphatic carbocycles. The summed E-state index contributed by atoms with van der Waals surface area (Å²) in [6.07, 6.45) is 3.57. The zero-order valence-corrected chi connectivity index (χ0v) is 13.3. The summed E-state index contributed by atoms with van der Waals surface area (Å²) < 4.78 is 3.66. The van der Waals surface area contributed by atoms with Crippen LogP contribution in [0.1, 0.15) is 18.7 Å². The summed E-state index contributed by atoms with van der Waals surface area (Å²) >= 11 is 0. The summed E-state index contributed by atoms with van der Waals surface area (Å²) in [5, 5.41) is 0. The van der Waals surface area contributed by atoms with Gasteiger partial charge in [0, 0.05) is 7.05 Å². The number of aliphatic imine (C=N–C) groups is 1. The van der Waals surface area contributed by atoms with Gasteiger partial charge in [0.1, 0.15) is 17.7 Å². The molecule has 0 bridgehead atoms. The predicted molar refractivity (Wildman–Crippen MR) is 81.2 cm³/mol. The number of aryl methyl sites for hydroxylation is 1. The van der Waals surface area contributed by atoms with Crippen LogP contribution in [0.4, 0.5) is 10.7 Å². The lowest BCUT2D eigenvalue weighted by Crippen LogP contribution is -2.63. The van der Waals surface area contributed by atoms with Crippen LogP contribution in [0.2, 0.25) is 0 Å². The number of fused-ring (bicyclic) bond motifs is 3. The van der Waals surface area contributed by atoms with Crippen LogP contribution in [-0.2, 0) is 16.1 Å². The highest BCUT2D eigenvalue weighted by atomic mass is 16.2. The number of ketones is 1. The van der Waals surface area contributed by atoms with E-state index in [0.29, 0.717) is 18.3 Å². The number of imidazole rings is 1. The van der Waals surface area contributed by atoms with Crippen LogP contribution < -0.4 is 4.57 Å². The van der Waals surface area contributed by atoms with Crippen LogP contribution in [0, 0.1) is 6.92 Å². The number of hydrogen-bond acceptors (Lipinski definition) is 4. The van der Waals surface area contributed by atoms with Gasteiger partial charge in [-0.3, -0.25) is 19.4 Å². The van der Waals surface area contributed by atoms with Crippen LogP contribution in [0.25, 0.3) is 0 Å². The first kappa shape index (κ1) is 15.1. The number of carbonyl (C=O) groups excluding carboxylic acids is 3. The molecule has 3 heterocycles. The number of nitrogens with zero attached hydrogens (tertiary/aromatic N) is 5. The number of rotatable bonds is 4. The Morgan fingerprint density at radius 1 is 1.48 bits per heavy atom. The normalized spacial score (nSPS) is 19.6. The molecule has 8 heteroatoms. The van der Waals surface area contributed by atoms with Crippen molar-refractivity contribution < 1.29 is 19.0 Å². The van der Waals surface area contributed by atoms with Gasteiger partial charge < -0.3 is 0 Å². The monoisotopic (exact) mass is 316 g/mol. The quantitative estimate of drug-likeness (QED) is 0.593. The molecule has 1 atom stereocenters. The van der Waals surface area contributed by atoms with Gasteiger partial charge in [0.15, 0.2) is 0 Å². The molecule has 0 radical (unpaired) electrons. The van der Waals surface area contributed by atoms with Crippen molar-refractivity contribution in [3.8, 4) is 0 Å². The lowest BCUT2D eigenvalue weighted by molar-refractivity contribution is -0.677. The van der Waals surface area contributed by atoms with Crippen LogP contribution in [0.15, 0.2) is 23.8 Å². The van der Waals surface area contributed by atoms with E-state index < -0.39 is 18.0 Å². The summed E-state index contributed by atoms with van der Waals surface area (Å²) in [5.74, 6) is 0.304. The molecule has 3 rings (SSSR count). The fourth-order valence-electron chi connectivity index (χ4n) is 2.95. The number of Topliss-reactive ketones (excluding diaryl/α,β-unsaturated/α-hetero) is 1. The van der Waals surface area contributed by atoms with Gasteiger partial charge in [-0.1, -0.05) is 17.6 Å². The maximum absolute atomic E-state index is 12.7. The molecule has 23 heavy (non-hydrogen) atoms. The molecule has 1 unspecified atom stereocenters. The van der Waals surface area contributed by atoms with Crippen molar-refractivity contribution >= 4 is 29.5 Å². The van der Waals surface area contributed by atoms with Crippen molar-refractivity contribution in [1.29, 1.82) is 0 Å². The maximum atomic E-state index is 12.7. The third-order valence-corrected chi connectivity index (χ3v) is 4.02. The van der Waals surface area contributed by atoms with Gasteiger partial charge >= 0.3 is 12.0 Å². The highest BCUT2D eigenvalue weighted by Crippen LogP contribution is 2.28. The van der Waals surface area contributed by atoms with Gasteiger partial charge in [0.05, 0.1) is 13.1 Å². The number of allylic oxidation sites excluding steroid dienone is 1. The summed E-state index contributed by atoms with van der Waals surface area (Å²) in [6, 6.07) is -1.24. The first-order valence-corrected chi connectivity index (χ1v) is 7.26. The number of amidine groups is 1. The molecule has 8 nitrogen and oxygen atoms in total. The Labute approximate surface area is 133 Å². The number of imide groups is 1. The Kier molecular flexibility index (Phi) is 3.39. The first-order chi connectivity index (χ1) is 10.9. The molecule has 120 valence electrons. The molecule has 0 aromatic carbocycles. The minimum atomic E-state index is -0.711. The van der Waals surface area contributed by atoms with Crippen molar-refractivity contribution in [1.82, 2.24) is 14.4 Å². The second kappa shape index (κ2) is 5.15. The van der Waals surface area contributed by atoms with E-state index in [2.05, 4.69) is 11.6 Å². The molecule has 2 aliphatic rings. The number of hydrogen-bond donors (Lipinski definition) is 0. The Balaban J connectivity index is 2.09. The SMILES string of the molecule is C=CCn1c(C)c[n+]2c1N=C1C2C(=O)N(CC(C)=O)C(=O)N1C. The summed E-state index contributed by atoms with van der Waals surface area (Å²) in [5.41, 5.74) is 0.938. The predicted octanol–water partition coefficient (Wildman–Crippen LogP) is 0.338. The van der Waals surface area contributed by atoms with E-state index in [-0.39, 0.29) is 12.3 Å². The molecular formula is C15H18N5O3+. The van der Waals surface area contributed by atoms with Gasteiger partial charge in [-0.25, -0.2) is 13.9 Å². The molecular weight excluding hydrogens is 298 g/mol. The number of urea groups is 1. The Morgan fingerprint density at radius 3 is 2.78 bits per heavy atom. The summed E-state index contributed by atoms with van der Waals surface area (Å²) in [6.45, 7) is 7.32. The minimum Gasteiger partial charge on any atom is -0.298 e. The molecule has 1 fully saturated rings. The van der Waals surface area contributed by atoms with Gasteiger partial charge in [0.2, 0.25) is 11.9 Å². The standard InChI is InChI=1S/C15H18N5O3/c1-5-6-18-9(2)7-19-11-12(16-14(18)19)17(4)15(23)20(13(11)22)8-10(3)21/h5,7,11H,1,6,8H2,2-4H3/q+1. The molecule has 0 saturated carbocycles. The third-order valence-electron chi connectivity index (χ3n) is 4.02. The average molecular weight is 316 g/mol. The van der Waals surface area contributed by atoms with Crippen molar-refractivity contribution in [3.05, 3.63) is 24.5 Å². The van der Waals surface area contributed by atoms with E-state index in [0.717, 1.165) is 10.6 Å². The van der Waals surface area contributed by atoms with Crippen molar-refractivity contribution in [2.75, 3.05) is 13.6 Å². The molecule has 1 aromatic heterocycles. The molecule has 1 saturated heterocycles. The van der Waals surface area contributed by atoms with Crippen molar-refractivity contribution in [2.45, 2.75) is 26.4 Å². The van der Waals surface area contributed by atoms with Crippen LogP contribution in [0.3, 0.4) is 0 Å². The van der Waals surface area contributed by atoms with Crippen LogP contribution in [0.5, 0.6) is 0 Å². The van der Waals surface area contributed by atoms with Crippen LogP contribution >= 0.6 is 0 Å². The minimum absolute atomic E-state index is 0.228. The Hall–Kier alpha value is -2.77. The van der Waals surface area contributed by atoms with E-state index in [1.807, 2.05) is 17.7 Å². The average Bonchev–Trinajstić information content (AvgIpc) is 2.98. The molecule has 2 aliphatic heterocycles. The molecule has 3 amide bonds. The van der Waals surface area contributed by atoms with E-state index >= 15 is 0 Å². The fraction of sp³-hybridized carbons (Fsp3) is 0.400. The van der Waals surface area contributed by atoms with Gasteiger partial charge in [-0.2, -0.15) is 0 Å². The Morgan fingerprint density at radius 2 is 2.17 bits per heavy atom. The molecule has 0 N–H and O–H groups in total. The number of amides is 3. The highest BCUT2D eigenvalue weighted by Gasteiger charge is 2.53. The van der Waals surface area contributed by atoms with Gasteiger partial charge in [-0.05, 0) is 13.8 Å².